The molecule has 0 aromatic heterocycles. The van der Waals surface area contributed by atoms with E-state index in [0.717, 1.165) is 16.7 Å². The van der Waals surface area contributed by atoms with E-state index in [1.165, 1.54) is 0 Å². The molecule has 2 N–H and O–H groups in total. The number of hydrogen-bond donors (Lipinski definition) is 2. The van der Waals surface area contributed by atoms with Gasteiger partial charge in [0.1, 0.15) is 12.4 Å². The zero-order valence-electron chi connectivity index (χ0n) is 15.0. The zero-order valence-corrected chi connectivity index (χ0v) is 15.0. The van der Waals surface area contributed by atoms with Crippen LogP contribution in [0.3, 0.4) is 0 Å². The third-order valence-electron chi connectivity index (χ3n) is 4.23. The molecule has 0 saturated carbocycles. The number of phenolic OH excluding ortho intramolecular Hbond substituents is 1. The Morgan fingerprint density at radius 1 is 0.889 bits per heavy atom. The van der Waals surface area contributed by atoms with Gasteiger partial charge in [-0.15, -0.1) is 0 Å². The van der Waals surface area contributed by atoms with E-state index in [-0.39, 0.29) is 24.3 Å². The van der Waals surface area contributed by atoms with Gasteiger partial charge < -0.3 is 15.2 Å². The molecule has 0 saturated heterocycles. The quantitative estimate of drug-likeness (QED) is 0.637. The minimum Gasteiger partial charge on any atom is -0.508 e. The highest BCUT2D eigenvalue weighted by Gasteiger charge is 2.15. The molecular formula is C23H23NO3. The molecule has 3 aromatic carbocycles. The van der Waals surface area contributed by atoms with Crippen molar-refractivity contribution >= 4 is 5.91 Å². The second-order valence-electron chi connectivity index (χ2n) is 6.38. The summed E-state index contributed by atoms with van der Waals surface area (Å²) in [7, 11) is 0. The Morgan fingerprint density at radius 2 is 1.56 bits per heavy atom. The van der Waals surface area contributed by atoms with E-state index < -0.39 is 0 Å². The molecular weight excluding hydrogens is 338 g/mol. The highest BCUT2D eigenvalue weighted by Crippen LogP contribution is 2.20. The lowest BCUT2D eigenvalue weighted by Gasteiger charge is -2.20. The van der Waals surface area contributed by atoms with Crippen molar-refractivity contribution in [3.05, 3.63) is 102 Å². The smallest absolute Gasteiger partial charge is 0.246 e. The van der Waals surface area contributed by atoms with Gasteiger partial charge in [0.15, 0.2) is 0 Å². The van der Waals surface area contributed by atoms with Crippen molar-refractivity contribution in [3.8, 4) is 5.75 Å². The molecule has 3 aromatic rings. The Labute approximate surface area is 159 Å². The molecule has 1 atom stereocenters. The summed E-state index contributed by atoms with van der Waals surface area (Å²) in [4.78, 5) is 12.4. The molecule has 0 bridgehead atoms. The fourth-order valence-electron chi connectivity index (χ4n) is 2.93. The summed E-state index contributed by atoms with van der Waals surface area (Å²) in [5, 5.41) is 12.7. The van der Waals surface area contributed by atoms with Crippen LogP contribution in [-0.2, 0) is 22.6 Å². The minimum atomic E-state index is -0.194. The molecule has 0 radical (unpaired) electrons. The topological polar surface area (TPSA) is 58.6 Å². The van der Waals surface area contributed by atoms with Crippen LogP contribution in [-0.4, -0.2) is 17.6 Å². The van der Waals surface area contributed by atoms with Crippen molar-refractivity contribution in [2.45, 2.75) is 19.1 Å². The number of carbonyl (C=O) groups excluding carboxylic acids is 1. The number of benzene rings is 3. The minimum absolute atomic E-state index is 0.00172. The highest BCUT2D eigenvalue weighted by molar-refractivity contribution is 5.77. The summed E-state index contributed by atoms with van der Waals surface area (Å²) in [5.74, 6) is 0.0526. The van der Waals surface area contributed by atoms with Crippen LogP contribution in [0.1, 0.15) is 22.7 Å². The number of nitrogens with one attached hydrogen (secondary N) is 1. The van der Waals surface area contributed by atoms with E-state index in [1.54, 1.807) is 18.2 Å². The van der Waals surface area contributed by atoms with Gasteiger partial charge in [-0.3, -0.25) is 4.79 Å². The van der Waals surface area contributed by atoms with Crippen molar-refractivity contribution in [1.82, 2.24) is 5.32 Å². The first kappa shape index (κ1) is 18.7. The molecule has 0 aliphatic heterocycles. The van der Waals surface area contributed by atoms with Gasteiger partial charge in [0, 0.05) is 0 Å². The summed E-state index contributed by atoms with van der Waals surface area (Å²) in [6.07, 6.45) is 0.586. The molecule has 0 aliphatic carbocycles. The van der Waals surface area contributed by atoms with Crippen molar-refractivity contribution in [2.75, 3.05) is 6.61 Å². The number of ether oxygens (including phenoxy) is 1. The van der Waals surface area contributed by atoms with Gasteiger partial charge in [0.2, 0.25) is 5.91 Å². The fourth-order valence-corrected chi connectivity index (χ4v) is 2.93. The predicted molar refractivity (Wildman–Crippen MR) is 105 cm³/mol. The van der Waals surface area contributed by atoms with Crippen LogP contribution in [0.5, 0.6) is 5.75 Å². The molecule has 0 fully saturated rings. The number of hydrogen-bond acceptors (Lipinski definition) is 3. The van der Waals surface area contributed by atoms with Gasteiger partial charge in [-0.05, 0) is 35.2 Å². The van der Waals surface area contributed by atoms with Gasteiger partial charge in [-0.2, -0.15) is 0 Å². The Morgan fingerprint density at radius 3 is 2.26 bits per heavy atom. The lowest BCUT2D eigenvalue weighted by molar-refractivity contribution is -0.126. The van der Waals surface area contributed by atoms with E-state index in [1.807, 2.05) is 66.7 Å². The van der Waals surface area contributed by atoms with E-state index >= 15 is 0 Å². The lowest BCUT2D eigenvalue weighted by Crippen LogP contribution is -2.32. The van der Waals surface area contributed by atoms with E-state index in [0.29, 0.717) is 13.0 Å². The molecule has 1 amide bonds. The monoisotopic (exact) mass is 361 g/mol. The maximum Gasteiger partial charge on any atom is 0.246 e. The van der Waals surface area contributed by atoms with Crippen molar-refractivity contribution < 1.29 is 14.6 Å². The Bertz CT molecular complexity index is 850. The first-order valence-electron chi connectivity index (χ1n) is 8.94. The number of aromatic hydroxyl groups is 1. The van der Waals surface area contributed by atoms with Crippen LogP contribution < -0.4 is 5.32 Å². The molecule has 0 heterocycles. The van der Waals surface area contributed by atoms with E-state index in [9.17, 15) is 9.90 Å². The molecule has 3 rings (SSSR count). The zero-order chi connectivity index (χ0) is 18.9. The van der Waals surface area contributed by atoms with Gasteiger partial charge in [-0.1, -0.05) is 72.8 Å². The maximum atomic E-state index is 12.4. The van der Waals surface area contributed by atoms with Crippen molar-refractivity contribution in [1.29, 1.82) is 0 Å². The van der Waals surface area contributed by atoms with Crippen molar-refractivity contribution in [3.63, 3.8) is 0 Å². The second kappa shape index (κ2) is 9.55. The molecule has 4 heteroatoms. The van der Waals surface area contributed by atoms with Crippen LogP contribution in [0.25, 0.3) is 0 Å². The van der Waals surface area contributed by atoms with E-state index in [2.05, 4.69) is 5.32 Å². The summed E-state index contributed by atoms with van der Waals surface area (Å²) < 4.78 is 5.54. The van der Waals surface area contributed by atoms with Crippen LogP contribution >= 0.6 is 0 Å². The van der Waals surface area contributed by atoms with Crippen LogP contribution in [0, 0.1) is 0 Å². The molecule has 4 nitrogen and oxygen atoms in total. The second-order valence-corrected chi connectivity index (χ2v) is 6.38. The predicted octanol–water partition coefficient (Wildman–Crippen LogP) is 4.01. The first-order chi connectivity index (χ1) is 13.2. The first-order valence-corrected chi connectivity index (χ1v) is 8.94. The molecule has 0 aliphatic rings. The van der Waals surface area contributed by atoms with Gasteiger partial charge in [0.25, 0.3) is 0 Å². The maximum absolute atomic E-state index is 12.4. The van der Waals surface area contributed by atoms with Crippen LogP contribution in [0.2, 0.25) is 0 Å². The third-order valence-corrected chi connectivity index (χ3v) is 4.23. The standard InChI is InChI=1S/C23H23NO3/c25-21-13-7-10-19(14-21)15-22(20-11-5-2-6-12-20)24-23(26)17-27-16-18-8-3-1-4-9-18/h1-14,22,25H,15-17H2,(H,24,26). The largest absolute Gasteiger partial charge is 0.508 e. The summed E-state index contributed by atoms with van der Waals surface area (Å²) in [6.45, 7) is 0.398. The Hall–Kier alpha value is -3.11. The normalized spacial score (nSPS) is 11.7. The number of amides is 1. The average molecular weight is 361 g/mol. The van der Waals surface area contributed by atoms with Gasteiger partial charge in [-0.25, -0.2) is 0 Å². The average Bonchev–Trinajstić information content (AvgIpc) is 2.69. The summed E-state index contributed by atoms with van der Waals surface area (Å²) in [6, 6.07) is 26.5. The van der Waals surface area contributed by atoms with Crippen LogP contribution in [0.4, 0.5) is 0 Å². The molecule has 27 heavy (non-hydrogen) atoms. The summed E-state index contributed by atoms with van der Waals surface area (Å²) >= 11 is 0. The number of carbonyl (C=O) groups is 1. The fraction of sp³-hybridized carbons (Fsp3) is 0.174. The Balaban J connectivity index is 1.61. The van der Waals surface area contributed by atoms with Gasteiger partial charge >= 0.3 is 0 Å². The highest BCUT2D eigenvalue weighted by atomic mass is 16.5. The molecule has 1 unspecified atom stereocenters. The SMILES string of the molecule is O=C(COCc1ccccc1)NC(Cc1cccc(O)c1)c1ccccc1. The van der Waals surface area contributed by atoms with Crippen LogP contribution in [0.15, 0.2) is 84.9 Å². The number of rotatable bonds is 8. The molecule has 0 spiro atoms. The number of phenols is 1. The van der Waals surface area contributed by atoms with E-state index in [4.69, 9.17) is 4.74 Å². The third kappa shape index (κ3) is 5.97. The summed E-state index contributed by atoms with van der Waals surface area (Å²) in [5.41, 5.74) is 3.00. The molecule has 138 valence electrons. The van der Waals surface area contributed by atoms with Gasteiger partial charge in [0.05, 0.1) is 12.6 Å². The Kier molecular flexibility index (Phi) is 6.61. The van der Waals surface area contributed by atoms with Crippen molar-refractivity contribution in [2.24, 2.45) is 0 Å². The lowest BCUT2D eigenvalue weighted by atomic mass is 9.98.